The number of aromatic hydroxyl groups is 1. The molecule has 1 amide bonds. The molecule has 1 aromatic carbocycles. The summed E-state index contributed by atoms with van der Waals surface area (Å²) in [6, 6.07) is 7.52. The number of hydrogen-bond acceptors (Lipinski definition) is 4. The number of amides is 1. The molecule has 2 saturated heterocycles. The number of rotatable bonds is 5. The van der Waals surface area contributed by atoms with Gasteiger partial charge in [0, 0.05) is 45.1 Å². The molecule has 1 aromatic rings. The minimum Gasteiger partial charge on any atom is -0.508 e. The van der Waals surface area contributed by atoms with Gasteiger partial charge in [0.05, 0.1) is 6.61 Å². The average Bonchev–Trinajstić information content (AvgIpc) is 2.56. The Morgan fingerprint density at radius 1 is 1.29 bits per heavy atom. The van der Waals surface area contributed by atoms with Crippen molar-refractivity contribution in [3.8, 4) is 5.75 Å². The largest absolute Gasteiger partial charge is 0.508 e. The number of piperidine rings is 2. The summed E-state index contributed by atoms with van der Waals surface area (Å²) in [5.74, 6) is 0.594. The van der Waals surface area contributed by atoms with Crippen LogP contribution in [-0.2, 0) is 16.1 Å². The van der Waals surface area contributed by atoms with E-state index >= 15 is 0 Å². The summed E-state index contributed by atoms with van der Waals surface area (Å²) < 4.78 is 5.15. The molecule has 0 unspecified atom stereocenters. The molecule has 2 aliphatic rings. The van der Waals surface area contributed by atoms with Crippen molar-refractivity contribution < 1.29 is 14.6 Å². The number of carbonyl (C=O) groups is 1. The Kier molecular flexibility index (Phi) is 5.41. The minimum atomic E-state index is 0.219. The lowest BCUT2D eigenvalue weighted by Gasteiger charge is -2.48. The maximum absolute atomic E-state index is 12.2. The zero-order chi connectivity index (χ0) is 17.0. The van der Waals surface area contributed by atoms with Crippen LogP contribution in [0, 0.1) is 5.41 Å². The van der Waals surface area contributed by atoms with Crippen LogP contribution in [0.15, 0.2) is 24.3 Å². The van der Waals surface area contributed by atoms with Crippen molar-refractivity contribution in [2.45, 2.75) is 32.2 Å². The minimum absolute atomic E-state index is 0.219. The molecule has 5 nitrogen and oxygen atoms in total. The van der Waals surface area contributed by atoms with Gasteiger partial charge in [-0.2, -0.15) is 0 Å². The Labute approximate surface area is 144 Å². The van der Waals surface area contributed by atoms with Crippen molar-refractivity contribution in [2.24, 2.45) is 5.41 Å². The van der Waals surface area contributed by atoms with Gasteiger partial charge in [0.1, 0.15) is 5.75 Å². The quantitative estimate of drug-likeness (QED) is 0.898. The Bertz CT molecular complexity index is 577. The molecule has 1 spiro atoms. The van der Waals surface area contributed by atoms with E-state index in [4.69, 9.17) is 4.74 Å². The number of nitrogens with zero attached hydrogens (tertiary/aromatic N) is 2. The molecule has 0 radical (unpaired) electrons. The highest BCUT2D eigenvalue weighted by molar-refractivity contribution is 5.77. The summed E-state index contributed by atoms with van der Waals surface area (Å²) in [7, 11) is 1.68. The molecule has 0 bridgehead atoms. The van der Waals surface area contributed by atoms with Crippen molar-refractivity contribution in [1.82, 2.24) is 9.80 Å². The molecular weight excluding hydrogens is 304 g/mol. The number of hydrogen-bond donors (Lipinski definition) is 1. The summed E-state index contributed by atoms with van der Waals surface area (Å²) in [6.45, 7) is 5.13. The van der Waals surface area contributed by atoms with E-state index < -0.39 is 0 Å². The number of methoxy groups -OCH3 is 1. The van der Waals surface area contributed by atoms with Gasteiger partial charge in [0.25, 0.3) is 0 Å². The van der Waals surface area contributed by atoms with E-state index in [-0.39, 0.29) is 11.3 Å². The highest BCUT2D eigenvalue weighted by atomic mass is 16.5. The van der Waals surface area contributed by atoms with Crippen LogP contribution in [0.5, 0.6) is 5.75 Å². The van der Waals surface area contributed by atoms with Crippen LogP contribution in [0.2, 0.25) is 0 Å². The lowest BCUT2D eigenvalue weighted by atomic mass is 9.73. The molecule has 132 valence electrons. The first-order valence-electron chi connectivity index (χ1n) is 8.87. The average molecular weight is 332 g/mol. The van der Waals surface area contributed by atoms with Crippen LogP contribution in [0.1, 0.15) is 31.2 Å². The summed E-state index contributed by atoms with van der Waals surface area (Å²) in [4.78, 5) is 16.6. The first-order valence-corrected chi connectivity index (χ1v) is 8.87. The van der Waals surface area contributed by atoms with Gasteiger partial charge in [-0.25, -0.2) is 0 Å². The normalized spacial score (nSPS) is 25.4. The summed E-state index contributed by atoms with van der Waals surface area (Å²) in [5.41, 5.74) is 1.37. The second kappa shape index (κ2) is 7.53. The number of phenolic OH excluding ortho intramolecular Hbond substituents is 1. The third-order valence-corrected chi connectivity index (χ3v) is 5.37. The maximum atomic E-state index is 12.2. The van der Waals surface area contributed by atoms with Gasteiger partial charge >= 0.3 is 0 Å². The second-order valence-corrected chi connectivity index (χ2v) is 7.29. The molecule has 0 saturated carbocycles. The zero-order valence-electron chi connectivity index (χ0n) is 14.5. The van der Waals surface area contributed by atoms with Gasteiger partial charge in [0.15, 0.2) is 0 Å². The van der Waals surface area contributed by atoms with Gasteiger partial charge in [-0.1, -0.05) is 12.1 Å². The third kappa shape index (κ3) is 4.08. The van der Waals surface area contributed by atoms with Crippen LogP contribution in [0.4, 0.5) is 0 Å². The molecule has 2 aliphatic heterocycles. The summed E-state index contributed by atoms with van der Waals surface area (Å²) >= 11 is 0. The van der Waals surface area contributed by atoms with E-state index in [1.54, 1.807) is 13.2 Å². The van der Waals surface area contributed by atoms with Crippen molar-refractivity contribution in [2.75, 3.05) is 39.9 Å². The van der Waals surface area contributed by atoms with Gasteiger partial charge in [0.2, 0.25) is 5.91 Å². The molecule has 2 fully saturated rings. The Hall–Kier alpha value is -1.59. The first kappa shape index (κ1) is 17.2. The number of likely N-dealkylation sites (tertiary alicyclic amines) is 2. The monoisotopic (exact) mass is 332 g/mol. The lowest BCUT2D eigenvalue weighted by Crippen LogP contribution is -2.54. The van der Waals surface area contributed by atoms with Gasteiger partial charge in [-0.3, -0.25) is 9.69 Å². The number of ether oxygens (including phenoxy) is 1. The van der Waals surface area contributed by atoms with Crippen molar-refractivity contribution in [3.05, 3.63) is 29.8 Å². The Balaban J connectivity index is 1.64. The summed E-state index contributed by atoms with van der Waals surface area (Å²) in [6.07, 6.45) is 4.01. The highest BCUT2D eigenvalue weighted by Crippen LogP contribution is 2.39. The molecule has 3 rings (SSSR count). The Morgan fingerprint density at radius 3 is 2.96 bits per heavy atom. The number of carbonyl (C=O) groups excluding carboxylic acids is 1. The van der Waals surface area contributed by atoms with Gasteiger partial charge < -0.3 is 14.7 Å². The second-order valence-electron chi connectivity index (χ2n) is 7.29. The molecule has 0 aromatic heterocycles. The van der Waals surface area contributed by atoms with Crippen molar-refractivity contribution in [3.63, 3.8) is 0 Å². The van der Waals surface area contributed by atoms with Crippen LogP contribution < -0.4 is 0 Å². The van der Waals surface area contributed by atoms with E-state index in [2.05, 4.69) is 11.0 Å². The number of phenols is 1. The van der Waals surface area contributed by atoms with E-state index in [1.807, 2.05) is 17.0 Å². The van der Waals surface area contributed by atoms with Gasteiger partial charge in [-0.15, -0.1) is 0 Å². The molecule has 5 heteroatoms. The molecule has 1 N–H and O–H groups in total. The fourth-order valence-corrected chi connectivity index (χ4v) is 4.20. The predicted octanol–water partition coefficient (Wildman–Crippen LogP) is 2.24. The Morgan fingerprint density at radius 2 is 2.17 bits per heavy atom. The molecule has 2 heterocycles. The highest BCUT2D eigenvalue weighted by Gasteiger charge is 2.41. The van der Waals surface area contributed by atoms with Crippen LogP contribution >= 0.6 is 0 Å². The fourth-order valence-electron chi connectivity index (χ4n) is 4.20. The third-order valence-electron chi connectivity index (χ3n) is 5.37. The lowest BCUT2D eigenvalue weighted by molar-refractivity contribution is -0.140. The molecule has 1 atom stereocenters. The standard InChI is InChI=1S/C19H28N2O3/c1-24-11-10-21-15-19(8-6-18(21)23)7-3-9-20(14-19)13-16-4-2-5-17(22)12-16/h2,4-5,12,22H,3,6-11,13-15H2,1H3/t19-/m0/s1. The van der Waals surface area contributed by atoms with E-state index in [9.17, 15) is 9.90 Å². The van der Waals surface area contributed by atoms with Crippen LogP contribution in [-0.4, -0.2) is 60.7 Å². The smallest absolute Gasteiger partial charge is 0.222 e. The summed E-state index contributed by atoms with van der Waals surface area (Å²) in [5, 5.41) is 9.66. The zero-order valence-corrected chi connectivity index (χ0v) is 14.5. The molecular formula is C19H28N2O3. The van der Waals surface area contributed by atoms with Crippen LogP contribution in [0.3, 0.4) is 0 Å². The van der Waals surface area contributed by atoms with E-state index in [1.165, 1.54) is 12.8 Å². The van der Waals surface area contributed by atoms with Gasteiger partial charge in [-0.05, 0) is 43.5 Å². The van der Waals surface area contributed by atoms with Crippen molar-refractivity contribution >= 4 is 5.91 Å². The fraction of sp³-hybridized carbons (Fsp3) is 0.632. The SMILES string of the molecule is COCCN1C[C@@]2(CCCN(Cc3cccc(O)c3)C2)CCC1=O. The van der Waals surface area contributed by atoms with E-state index in [0.29, 0.717) is 25.3 Å². The number of benzene rings is 1. The molecule has 24 heavy (non-hydrogen) atoms. The van der Waals surface area contributed by atoms with Crippen LogP contribution in [0.25, 0.3) is 0 Å². The van der Waals surface area contributed by atoms with Crippen molar-refractivity contribution in [1.29, 1.82) is 0 Å². The molecule has 0 aliphatic carbocycles. The maximum Gasteiger partial charge on any atom is 0.222 e. The first-order chi connectivity index (χ1) is 11.6. The predicted molar refractivity (Wildman–Crippen MR) is 92.7 cm³/mol. The topological polar surface area (TPSA) is 53.0 Å². The van der Waals surface area contributed by atoms with E-state index in [0.717, 1.165) is 38.2 Å².